The zero-order valence-corrected chi connectivity index (χ0v) is 13.9. The monoisotopic (exact) mass is 340 g/mol. The molecule has 2 rings (SSSR count). The van der Waals surface area contributed by atoms with Crippen LogP contribution in [0, 0.1) is 0 Å². The Bertz CT molecular complexity index is 683. The van der Waals surface area contributed by atoms with E-state index in [2.05, 4.69) is 10.5 Å². The second-order valence-corrected chi connectivity index (χ2v) is 7.93. The molecule has 1 heterocycles. The molecule has 7 nitrogen and oxygen atoms in total. The molecule has 1 aromatic rings. The average Bonchev–Trinajstić information content (AvgIpc) is 2.87. The Balaban J connectivity index is 1.73. The topological polar surface area (TPSA) is 94.1 Å². The van der Waals surface area contributed by atoms with Gasteiger partial charge < -0.3 is 14.9 Å². The molecular formula is C15H20N2O5S. The standard InChI is InChI=1S/C15H20N2O5S/c1-15(2)10-13(17-22-15)23(19,20)9-8-16-14(18)21-11-12-6-4-3-5-7-12/h3-7H,8-11H2,1-2H3,(H,16,18). The van der Waals surface area contributed by atoms with Crippen LogP contribution in [0.5, 0.6) is 0 Å². The van der Waals surface area contributed by atoms with Gasteiger partial charge in [0.05, 0.1) is 5.75 Å². The molecule has 0 radical (unpaired) electrons. The van der Waals surface area contributed by atoms with Crippen LogP contribution in [0.1, 0.15) is 25.8 Å². The van der Waals surface area contributed by atoms with Gasteiger partial charge in [0.1, 0.15) is 12.2 Å². The van der Waals surface area contributed by atoms with Gasteiger partial charge in [0, 0.05) is 13.0 Å². The first-order valence-electron chi connectivity index (χ1n) is 7.21. The minimum atomic E-state index is -3.54. The highest BCUT2D eigenvalue weighted by Gasteiger charge is 2.35. The summed E-state index contributed by atoms with van der Waals surface area (Å²) in [6.07, 6.45) is -0.428. The van der Waals surface area contributed by atoms with Gasteiger partial charge in [-0.25, -0.2) is 13.2 Å². The van der Waals surface area contributed by atoms with Gasteiger partial charge in [-0.15, -0.1) is 0 Å². The van der Waals surface area contributed by atoms with Crippen LogP contribution in [-0.4, -0.2) is 37.5 Å². The van der Waals surface area contributed by atoms with E-state index >= 15 is 0 Å². The van der Waals surface area contributed by atoms with Gasteiger partial charge in [0.25, 0.3) is 0 Å². The third-order valence-corrected chi connectivity index (χ3v) is 4.86. The number of rotatable bonds is 5. The lowest BCUT2D eigenvalue weighted by Crippen LogP contribution is -2.32. The maximum atomic E-state index is 12.1. The van der Waals surface area contributed by atoms with Crippen molar-refractivity contribution in [3.63, 3.8) is 0 Å². The Labute approximate surface area is 135 Å². The molecule has 126 valence electrons. The Morgan fingerprint density at radius 1 is 1.35 bits per heavy atom. The summed E-state index contributed by atoms with van der Waals surface area (Å²) in [6.45, 7) is 3.61. The Hall–Kier alpha value is -2.09. The number of carbonyl (C=O) groups is 1. The van der Waals surface area contributed by atoms with E-state index < -0.39 is 21.5 Å². The van der Waals surface area contributed by atoms with Crippen LogP contribution < -0.4 is 5.32 Å². The first-order valence-corrected chi connectivity index (χ1v) is 8.86. The van der Waals surface area contributed by atoms with Gasteiger partial charge in [-0.1, -0.05) is 35.5 Å². The van der Waals surface area contributed by atoms with E-state index in [0.717, 1.165) is 5.56 Å². The third-order valence-electron chi connectivity index (χ3n) is 3.18. The predicted molar refractivity (Wildman–Crippen MR) is 85.6 cm³/mol. The van der Waals surface area contributed by atoms with Gasteiger partial charge in [-0.2, -0.15) is 0 Å². The molecule has 8 heteroatoms. The van der Waals surface area contributed by atoms with Gasteiger partial charge in [-0.3, -0.25) is 0 Å². The molecule has 1 amide bonds. The van der Waals surface area contributed by atoms with Crippen LogP contribution in [0.15, 0.2) is 35.5 Å². The number of oxime groups is 1. The second-order valence-electron chi connectivity index (χ2n) is 5.82. The second kappa shape index (κ2) is 6.99. The number of nitrogens with zero attached hydrogens (tertiary/aromatic N) is 1. The lowest BCUT2D eigenvalue weighted by atomic mass is 10.1. The van der Waals surface area contributed by atoms with Crippen LogP contribution in [-0.2, 0) is 26.0 Å². The summed E-state index contributed by atoms with van der Waals surface area (Å²) in [5.41, 5.74) is 0.250. The van der Waals surface area contributed by atoms with E-state index in [9.17, 15) is 13.2 Å². The summed E-state index contributed by atoms with van der Waals surface area (Å²) >= 11 is 0. The van der Waals surface area contributed by atoms with Crippen LogP contribution in [0.25, 0.3) is 0 Å². The Morgan fingerprint density at radius 2 is 2.04 bits per heavy atom. The molecule has 1 aliphatic rings. The van der Waals surface area contributed by atoms with Gasteiger partial charge in [0.15, 0.2) is 14.9 Å². The van der Waals surface area contributed by atoms with Gasteiger partial charge in [0.2, 0.25) is 0 Å². The maximum Gasteiger partial charge on any atom is 0.407 e. The molecule has 0 saturated heterocycles. The molecule has 23 heavy (non-hydrogen) atoms. The summed E-state index contributed by atoms with van der Waals surface area (Å²) in [5, 5.41) is 6.05. The van der Waals surface area contributed by atoms with Crippen molar-refractivity contribution in [2.45, 2.75) is 32.5 Å². The molecule has 0 bridgehead atoms. The van der Waals surface area contributed by atoms with Crippen LogP contribution in [0.2, 0.25) is 0 Å². The largest absolute Gasteiger partial charge is 0.445 e. The molecule has 0 atom stereocenters. The molecule has 1 aliphatic heterocycles. The quantitative estimate of drug-likeness (QED) is 0.882. The molecule has 1 N–H and O–H groups in total. The van der Waals surface area contributed by atoms with E-state index in [1.165, 1.54) is 0 Å². The molecule has 0 fully saturated rings. The van der Waals surface area contributed by atoms with Crippen molar-refractivity contribution in [3.05, 3.63) is 35.9 Å². The average molecular weight is 340 g/mol. The predicted octanol–water partition coefficient (Wildman–Crippen LogP) is 1.84. The number of amides is 1. The number of nitrogens with one attached hydrogen (secondary N) is 1. The van der Waals surface area contributed by atoms with E-state index in [1.807, 2.05) is 30.3 Å². The highest BCUT2D eigenvalue weighted by atomic mass is 32.2. The first-order chi connectivity index (χ1) is 10.8. The summed E-state index contributed by atoms with van der Waals surface area (Å²) in [4.78, 5) is 16.6. The first kappa shape index (κ1) is 17.3. The maximum absolute atomic E-state index is 12.1. The fourth-order valence-corrected chi connectivity index (χ4v) is 3.27. The molecule has 0 aliphatic carbocycles. The minimum absolute atomic E-state index is 0.0157. The van der Waals surface area contributed by atoms with E-state index in [1.54, 1.807) is 13.8 Å². The fourth-order valence-electron chi connectivity index (χ4n) is 1.95. The van der Waals surface area contributed by atoms with Crippen molar-refractivity contribution in [1.29, 1.82) is 0 Å². The van der Waals surface area contributed by atoms with Crippen molar-refractivity contribution in [2.75, 3.05) is 12.3 Å². The number of alkyl carbamates (subject to hydrolysis) is 1. The lowest BCUT2D eigenvalue weighted by Gasteiger charge is -2.13. The van der Waals surface area contributed by atoms with E-state index in [4.69, 9.17) is 9.57 Å². The number of benzene rings is 1. The van der Waals surface area contributed by atoms with E-state index in [-0.39, 0.29) is 30.4 Å². The molecule has 0 aromatic heterocycles. The van der Waals surface area contributed by atoms with Gasteiger partial charge >= 0.3 is 6.09 Å². The highest BCUT2D eigenvalue weighted by molar-refractivity contribution is 8.06. The summed E-state index contributed by atoms with van der Waals surface area (Å²) in [5.74, 6) is -0.244. The van der Waals surface area contributed by atoms with Crippen molar-refractivity contribution < 1.29 is 22.8 Å². The van der Waals surface area contributed by atoms with E-state index in [0.29, 0.717) is 0 Å². The SMILES string of the molecule is CC1(C)CC(S(=O)(=O)CCNC(=O)OCc2ccccc2)=NO1. The Morgan fingerprint density at radius 3 is 2.65 bits per heavy atom. The molecule has 1 aromatic carbocycles. The van der Waals surface area contributed by atoms with Crippen molar-refractivity contribution in [1.82, 2.24) is 5.32 Å². The fraction of sp³-hybridized carbons (Fsp3) is 0.467. The zero-order chi connectivity index (χ0) is 16.9. The smallest absolute Gasteiger partial charge is 0.407 e. The summed E-state index contributed by atoms with van der Waals surface area (Å²) < 4.78 is 29.2. The lowest BCUT2D eigenvalue weighted by molar-refractivity contribution is 0.0123. The van der Waals surface area contributed by atoms with Crippen LogP contribution in [0.3, 0.4) is 0 Å². The summed E-state index contributed by atoms with van der Waals surface area (Å²) in [6, 6.07) is 9.21. The molecular weight excluding hydrogens is 320 g/mol. The number of sulfone groups is 1. The van der Waals surface area contributed by atoms with Crippen molar-refractivity contribution in [2.24, 2.45) is 5.16 Å². The molecule has 0 saturated carbocycles. The Kier molecular flexibility index (Phi) is 5.25. The molecule has 0 spiro atoms. The number of ether oxygens (including phenoxy) is 1. The van der Waals surface area contributed by atoms with Crippen LogP contribution >= 0.6 is 0 Å². The number of carbonyl (C=O) groups excluding carboxylic acids is 1. The third kappa shape index (κ3) is 5.24. The summed E-state index contributed by atoms with van der Waals surface area (Å²) in [7, 11) is -3.54. The number of hydrogen-bond donors (Lipinski definition) is 1. The van der Waals surface area contributed by atoms with Crippen LogP contribution in [0.4, 0.5) is 4.79 Å². The normalized spacial score (nSPS) is 16.3. The van der Waals surface area contributed by atoms with Crippen molar-refractivity contribution in [3.8, 4) is 0 Å². The molecule has 0 unspecified atom stereocenters. The zero-order valence-electron chi connectivity index (χ0n) is 13.1. The van der Waals surface area contributed by atoms with Crippen molar-refractivity contribution >= 4 is 21.0 Å². The minimum Gasteiger partial charge on any atom is -0.445 e. The van der Waals surface area contributed by atoms with Gasteiger partial charge in [-0.05, 0) is 19.4 Å². The highest BCUT2D eigenvalue weighted by Crippen LogP contribution is 2.24. The number of hydrogen-bond acceptors (Lipinski definition) is 6.